The van der Waals surface area contributed by atoms with Gasteiger partial charge in [-0.3, -0.25) is 4.79 Å². The number of hydrogen-bond acceptors (Lipinski definition) is 5. The summed E-state index contributed by atoms with van der Waals surface area (Å²) >= 11 is 0. The van der Waals surface area contributed by atoms with Crippen molar-refractivity contribution < 1.29 is 24.5 Å². The second kappa shape index (κ2) is 6.13. The summed E-state index contributed by atoms with van der Waals surface area (Å²) in [6.45, 7) is 1.62. The Morgan fingerprint density at radius 3 is 2.14 bits per heavy atom. The number of hydrazone groups is 1. The third-order valence-electron chi connectivity index (χ3n) is 2.92. The van der Waals surface area contributed by atoms with E-state index in [1.54, 1.807) is 6.92 Å². The Hall–Kier alpha value is -3.09. The Balaban J connectivity index is 2.15. The van der Waals surface area contributed by atoms with Crippen LogP contribution in [-0.2, 0) is 0 Å². The standard InChI is InChI=1S/C15H13FN2O4/c1-8(9-2-4-11(16)5-3-9)17-18-15(22)10-6-12(19)14(21)13(20)7-10/h2-7,19-21H,1H3,(H,18,22)/b17-8-. The van der Waals surface area contributed by atoms with Gasteiger partial charge in [-0.05, 0) is 36.8 Å². The first-order valence-electron chi connectivity index (χ1n) is 6.24. The van der Waals surface area contributed by atoms with E-state index in [1.807, 2.05) is 0 Å². The molecule has 0 fully saturated rings. The molecule has 0 aliphatic rings. The minimum absolute atomic E-state index is 0.0801. The molecular weight excluding hydrogens is 291 g/mol. The van der Waals surface area contributed by atoms with Gasteiger partial charge in [0.1, 0.15) is 5.82 Å². The van der Waals surface area contributed by atoms with Crippen molar-refractivity contribution in [3.8, 4) is 17.2 Å². The van der Waals surface area contributed by atoms with Crippen LogP contribution in [0.25, 0.3) is 0 Å². The molecule has 0 saturated heterocycles. The van der Waals surface area contributed by atoms with E-state index in [2.05, 4.69) is 10.5 Å². The van der Waals surface area contributed by atoms with Gasteiger partial charge in [-0.1, -0.05) is 12.1 Å². The molecule has 2 aromatic rings. The third kappa shape index (κ3) is 3.32. The van der Waals surface area contributed by atoms with Crippen molar-refractivity contribution in [1.29, 1.82) is 0 Å². The summed E-state index contributed by atoms with van der Waals surface area (Å²) in [6, 6.07) is 7.55. The average Bonchev–Trinajstić information content (AvgIpc) is 2.50. The van der Waals surface area contributed by atoms with Crippen LogP contribution in [0.3, 0.4) is 0 Å². The Morgan fingerprint density at radius 2 is 1.59 bits per heavy atom. The lowest BCUT2D eigenvalue weighted by Crippen LogP contribution is -2.19. The second-order valence-corrected chi connectivity index (χ2v) is 4.51. The van der Waals surface area contributed by atoms with Gasteiger partial charge in [0.15, 0.2) is 17.2 Å². The lowest BCUT2D eigenvalue weighted by atomic mass is 10.1. The van der Waals surface area contributed by atoms with Gasteiger partial charge < -0.3 is 15.3 Å². The first-order valence-corrected chi connectivity index (χ1v) is 6.24. The topological polar surface area (TPSA) is 102 Å². The van der Waals surface area contributed by atoms with Crippen LogP contribution in [-0.4, -0.2) is 26.9 Å². The van der Waals surface area contributed by atoms with Crippen LogP contribution < -0.4 is 5.43 Å². The number of amides is 1. The highest BCUT2D eigenvalue weighted by atomic mass is 19.1. The van der Waals surface area contributed by atoms with Crippen LogP contribution in [0, 0.1) is 5.82 Å². The molecule has 0 aliphatic carbocycles. The monoisotopic (exact) mass is 304 g/mol. The fraction of sp³-hybridized carbons (Fsp3) is 0.0667. The molecular formula is C15H13FN2O4. The van der Waals surface area contributed by atoms with Crippen molar-refractivity contribution in [2.75, 3.05) is 0 Å². The van der Waals surface area contributed by atoms with Crippen molar-refractivity contribution in [2.45, 2.75) is 6.92 Å². The van der Waals surface area contributed by atoms with E-state index < -0.39 is 23.2 Å². The molecule has 0 bridgehead atoms. The maximum atomic E-state index is 12.8. The average molecular weight is 304 g/mol. The molecule has 1 amide bonds. The molecule has 0 aromatic heterocycles. The molecule has 0 aliphatic heterocycles. The first kappa shape index (κ1) is 15.3. The number of carbonyl (C=O) groups excluding carboxylic acids is 1. The Kier molecular flexibility index (Phi) is 4.26. The minimum atomic E-state index is -0.706. The molecule has 22 heavy (non-hydrogen) atoms. The van der Waals surface area contributed by atoms with Gasteiger partial charge in [-0.15, -0.1) is 0 Å². The highest BCUT2D eigenvalue weighted by Crippen LogP contribution is 2.35. The van der Waals surface area contributed by atoms with Crippen molar-refractivity contribution in [3.05, 3.63) is 53.3 Å². The van der Waals surface area contributed by atoms with Crippen molar-refractivity contribution in [3.63, 3.8) is 0 Å². The highest BCUT2D eigenvalue weighted by Gasteiger charge is 2.13. The number of carbonyl (C=O) groups is 1. The number of phenolic OH excluding ortho intramolecular Hbond substituents is 3. The highest BCUT2D eigenvalue weighted by molar-refractivity contribution is 6.01. The normalized spacial score (nSPS) is 11.3. The number of nitrogens with zero attached hydrogens (tertiary/aromatic N) is 1. The van der Waals surface area contributed by atoms with Crippen LogP contribution in [0.15, 0.2) is 41.5 Å². The largest absolute Gasteiger partial charge is 0.504 e. The molecule has 2 rings (SSSR count). The molecule has 4 N–H and O–H groups in total. The predicted octanol–water partition coefficient (Wildman–Crippen LogP) is 2.10. The van der Waals surface area contributed by atoms with E-state index in [9.17, 15) is 24.5 Å². The second-order valence-electron chi connectivity index (χ2n) is 4.51. The summed E-state index contributed by atoms with van der Waals surface area (Å²) in [5.41, 5.74) is 3.23. The van der Waals surface area contributed by atoms with Crippen molar-refractivity contribution >= 4 is 11.6 Å². The lowest BCUT2D eigenvalue weighted by molar-refractivity contribution is 0.0954. The van der Waals surface area contributed by atoms with Crippen LogP contribution >= 0.6 is 0 Å². The third-order valence-corrected chi connectivity index (χ3v) is 2.92. The Morgan fingerprint density at radius 1 is 1.05 bits per heavy atom. The molecule has 0 heterocycles. The van der Waals surface area contributed by atoms with Gasteiger partial charge in [0.25, 0.3) is 5.91 Å². The van der Waals surface area contributed by atoms with E-state index in [1.165, 1.54) is 24.3 Å². The van der Waals surface area contributed by atoms with Crippen molar-refractivity contribution in [1.82, 2.24) is 5.43 Å². The fourth-order valence-electron chi connectivity index (χ4n) is 1.69. The van der Waals surface area contributed by atoms with Crippen LogP contribution in [0.5, 0.6) is 17.2 Å². The number of phenols is 3. The predicted molar refractivity (Wildman–Crippen MR) is 77.5 cm³/mol. The SMILES string of the molecule is C/C(=N/NC(=O)c1cc(O)c(O)c(O)c1)c1ccc(F)cc1. The number of aromatic hydroxyl groups is 3. The number of rotatable bonds is 3. The molecule has 2 aromatic carbocycles. The van der Waals surface area contributed by atoms with E-state index in [0.29, 0.717) is 11.3 Å². The smallest absolute Gasteiger partial charge is 0.271 e. The zero-order valence-corrected chi connectivity index (χ0v) is 11.5. The van der Waals surface area contributed by atoms with Crippen LogP contribution in [0.1, 0.15) is 22.8 Å². The van der Waals surface area contributed by atoms with E-state index in [0.717, 1.165) is 12.1 Å². The Bertz CT molecular complexity index is 719. The van der Waals surface area contributed by atoms with Gasteiger partial charge in [-0.2, -0.15) is 5.10 Å². The zero-order chi connectivity index (χ0) is 16.3. The maximum absolute atomic E-state index is 12.8. The molecule has 0 saturated carbocycles. The summed E-state index contributed by atoms with van der Waals surface area (Å²) in [4.78, 5) is 11.9. The molecule has 0 spiro atoms. The summed E-state index contributed by atoms with van der Waals surface area (Å²) < 4.78 is 12.8. The Labute approximate surface area is 125 Å². The van der Waals surface area contributed by atoms with Crippen LogP contribution in [0.4, 0.5) is 4.39 Å². The summed E-state index contributed by atoms with van der Waals surface area (Å²) in [5, 5.41) is 31.8. The lowest BCUT2D eigenvalue weighted by Gasteiger charge is -2.06. The minimum Gasteiger partial charge on any atom is -0.504 e. The van der Waals surface area contributed by atoms with E-state index in [4.69, 9.17) is 0 Å². The summed E-state index contributed by atoms with van der Waals surface area (Å²) in [6.07, 6.45) is 0. The molecule has 0 radical (unpaired) electrons. The van der Waals surface area contributed by atoms with Gasteiger partial charge >= 0.3 is 0 Å². The number of benzene rings is 2. The quantitative estimate of drug-likeness (QED) is 0.396. The van der Waals surface area contributed by atoms with Gasteiger partial charge in [0.2, 0.25) is 0 Å². The van der Waals surface area contributed by atoms with E-state index >= 15 is 0 Å². The number of nitrogens with one attached hydrogen (secondary N) is 1. The number of hydrogen-bond donors (Lipinski definition) is 4. The van der Waals surface area contributed by atoms with Gasteiger partial charge in [0.05, 0.1) is 5.71 Å². The zero-order valence-electron chi connectivity index (χ0n) is 11.5. The van der Waals surface area contributed by atoms with Gasteiger partial charge in [-0.25, -0.2) is 9.82 Å². The maximum Gasteiger partial charge on any atom is 0.271 e. The molecule has 114 valence electrons. The van der Waals surface area contributed by atoms with Crippen molar-refractivity contribution in [2.24, 2.45) is 5.10 Å². The fourth-order valence-corrected chi connectivity index (χ4v) is 1.69. The number of halogens is 1. The van der Waals surface area contributed by atoms with Crippen LogP contribution in [0.2, 0.25) is 0 Å². The van der Waals surface area contributed by atoms with E-state index in [-0.39, 0.29) is 11.4 Å². The first-order chi connectivity index (χ1) is 10.4. The summed E-state index contributed by atoms with van der Waals surface area (Å²) in [7, 11) is 0. The van der Waals surface area contributed by atoms with Gasteiger partial charge in [0, 0.05) is 5.56 Å². The molecule has 0 unspecified atom stereocenters. The molecule has 0 atom stereocenters. The molecule has 7 heteroatoms. The molecule has 6 nitrogen and oxygen atoms in total. The summed E-state index contributed by atoms with van der Waals surface area (Å²) in [5.74, 6) is -3.01.